The normalized spacial score (nSPS) is 28.8. The molecule has 0 aromatic rings. The third kappa shape index (κ3) is 3.98. The van der Waals surface area contributed by atoms with Crippen molar-refractivity contribution in [3.63, 3.8) is 0 Å². The van der Waals surface area contributed by atoms with Crippen LogP contribution in [0.4, 0.5) is 0 Å². The Balaban J connectivity index is 1.68. The van der Waals surface area contributed by atoms with E-state index < -0.39 is 0 Å². The minimum Gasteiger partial charge on any atom is -0.352 e. The van der Waals surface area contributed by atoms with E-state index in [1.807, 2.05) is 0 Å². The second-order valence-electron chi connectivity index (χ2n) is 5.75. The van der Waals surface area contributed by atoms with E-state index in [0.29, 0.717) is 18.5 Å². The first kappa shape index (κ1) is 12.9. The molecule has 1 aliphatic heterocycles. The summed E-state index contributed by atoms with van der Waals surface area (Å²) in [6, 6.07) is 0.973. The molecule has 2 atom stereocenters. The molecule has 2 rings (SSSR count). The molecule has 0 aromatic heterocycles. The summed E-state index contributed by atoms with van der Waals surface area (Å²) in [7, 11) is 0. The third-order valence-corrected chi connectivity index (χ3v) is 4.38. The summed E-state index contributed by atoms with van der Waals surface area (Å²) in [6.07, 6.45) is 10.1. The molecule has 2 aliphatic rings. The summed E-state index contributed by atoms with van der Waals surface area (Å²) < 4.78 is 0. The highest BCUT2D eigenvalue weighted by molar-refractivity contribution is 5.78. The molecule has 1 amide bonds. The van der Waals surface area contributed by atoms with Gasteiger partial charge in [-0.3, -0.25) is 4.79 Å². The van der Waals surface area contributed by atoms with Crippen LogP contribution in [0.1, 0.15) is 58.3 Å². The Morgan fingerprint density at radius 3 is 2.53 bits per heavy atom. The first-order chi connectivity index (χ1) is 8.25. The topological polar surface area (TPSA) is 41.1 Å². The third-order valence-electron chi connectivity index (χ3n) is 4.38. The fourth-order valence-electron chi connectivity index (χ4n) is 3.14. The van der Waals surface area contributed by atoms with E-state index in [-0.39, 0.29) is 5.91 Å². The van der Waals surface area contributed by atoms with Crippen molar-refractivity contribution in [2.45, 2.75) is 70.4 Å². The fraction of sp³-hybridized carbons (Fsp3) is 0.929. The van der Waals surface area contributed by atoms with E-state index in [0.717, 1.165) is 18.9 Å². The maximum absolute atomic E-state index is 11.1. The maximum Gasteiger partial charge on any atom is 0.220 e. The second-order valence-corrected chi connectivity index (χ2v) is 5.75. The van der Waals surface area contributed by atoms with Crippen molar-refractivity contribution >= 4 is 5.91 Å². The number of nitrogens with one attached hydrogen (secondary N) is 2. The van der Waals surface area contributed by atoms with Gasteiger partial charge in [-0.25, -0.2) is 0 Å². The highest BCUT2D eigenvalue weighted by Crippen LogP contribution is 2.25. The molecular formula is C14H26N2O. The van der Waals surface area contributed by atoms with Crippen LogP contribution in [0.15, 0.2) is 0 Å². The van der Waals surface area contributed by atoms with Crippen LogP contribution in [0.3, 0.4) is 0 Å². The standard InChI is InChI=1S/C14H26N2O/c1-11(12-6-4-2-3-5-7-12)15-10-13-8-9-14(17)16-13/h11-13,15H,2-10H2,1H3,(H,16,17)/t11-,13?/m0/s1. The lowest BCUT2D eigenvalue weighted by molar-refractivity contribution is -0.119. The van der Waals surface area contributed by atoms with Crippen LogP contribution < -0.4 is 10.6 Å². The summed E-state index contributed by atoms with van der Waals surface area (Å²) in [5.41, 5.74) is 0. The Morgan fingerprint density at radius 2 is 1.94 bits per heavy atom. The van der Waals surface area contributed by atoms with Gasteiger partial charge >= 0.3 is 0 Å². The number of hydrogen-bond acceptors (Lipinski definition) is 2. The summed E-state index contributed by atoms with van der Waals surface area (Å²) in [4.78, 5) is 11.1. The molecule has 0 spiro atoms. The fourth-order valence-corrected chi connectivity index (χ4v) is 3.14. The Kier molecular flexibility index (Phi) is 4.84. The lowest BCUT2D eigenvalue weighted by atomic mass is 9.93. The van der Waals surface area contributed by atoms with Crippen molar-refractivity contribution in [2.75, 3.05) is 6.54 Å². The van der Waals surface area contributed by atoms with Crippen LogP contribution in [-0.2, 0) is 4.79 Å². The van der Waals surface area contributed by atoms with Gasteiger partial charge in [-0.15, -0.1) is 0 Å². The second kappa shape index (κ2) is 6.39. The predicted octanol–water partition coefficient (Wildman–Crippen LogP) is 2.21. The summed E-state index contributed by atoms with van der Waals surface area (Å²) in [6.45, 7) is 3.26. The first-order valence-electron chi connectivity index (χ1n) is 7.28. The van der Waals surface area contributed by atoms with Gasteiger partial charge in [-0.2, -0.15) is 0 Å². The average molecular weight is 238 g/mol. The van der Waals surface area contributed by atoms with Gasteiger partial charge in [0.1, 0.15) is 0 Å². The van der Waals surface area contributed by atoms with E-state index in [1.54, 1.807) is 0 Å². The molecule has 1 aliphatic carbocycles. The summed E-state index contributed by atoms with van der Waals surface area (Å²) >= 11 is 0. The molecule has 1 saturated carbocycles. The Morgan fingerprint density at radius 1 is 1.24 bits per heavy atom. The number of carbonyl (C=O) groups is 1. The zero-order valence-corrected chi connectivity index (χ0v) is 11.0. The molecule has 98 valence electrons. The minimum atomic E-state index is 0.221. The van der Waals surface area contributed by atoms with Crippen LogP contribution in [-0.4, -0.2) is 24.5 Å². The van der Waals surface area contributed by atoms with Crippen molar-refractivity contribution in [1.29, 1.82) is 0 Å². The van der Waals surface area contributed by atoms with Gasteiger partial charge in [0.05, 0.1) is 0 Å². The van der Waals surface area contributed by atoms with Gasteiger partial charge < -0.3 is 10.6 Å². The minimum absolute atomic E-state index is 0.221. The van der Waals surface area contributed by atoms with E-state index in [4.69, 9.17) is 0 Å². The number of hydrogen-bond donors (Lipinski definition) is 2. The molecule has 17 heavy (non-hydrogen) atoms. The molecule has 1 heterocycles. The summed E-state index contributed by atoms with van der Waals surface area (Å²) in [5.74, 6) is 1.06. The molecule has 2 N–H and O–H groups in total. The summed E-state index contributed by atoms with van der Waals surface area (Å²) in [5, 5.41) is 6.65. The van der Waals surface area contributed by atoms with Crippen molar-refractivity contribution in [3.8, 4) is 0 Å². The smallest absolute Gasteiger partial charge is 0.220 e. The zero-order valence-electron chi connectivity index (χ0n) is 11.0. The van der Waals surface area contributed by atoms with Gasteiger partial charge in [-0.1, -0.05) is 25.7 Å². The van der Waals surface area contributed by atoms with Gasteiger partial charge in [-0.05, 0) is 32.1 Å². The molecule has 3 nitrogen and oxygen atoms in total. The first-order valence-corrected chi connectivity index (χ1v) is 7.28. The number of carbonyl (C=O) groups excluding carboxylic acids is 1. The molecule has 2 fully saturated rings. The van der Waals surface area contributed by atoms with Gasteiger partial charge in [0.25, 0.3) is 0 Å². The highest BCUT2D eigenvalue weighted by atomic mass is 16.1. The van der Waals surface area contributed by atoms with Crippen molar-refractivity contribution in [3.05, 3.63) is 0 Å². The molecule has 1 unspecified atom stereocenters. The monoisotopic (exact) mass is 238 g/mol. The van der Waals surface area contributed by atoms with Crippen LogP contribution in [0.2, 0.25) is 0 Å². The van der Waals surface area contributed by atoms with Crippen LogP contribution >= 0.6 is 0 Å². The Hall–Kier alpha value is -0.570. The van der Waals surface area contributed by atoms with E-state index >= 15 is 0 Å². The Labute approximate surface area is 105 Å². The van der Waals surface area contributed by atoms with Gasteiger partial charge in [0.2, 0.25) is 5.91 Å². The average Bonchev–Trinajstić information content (AvgIpc) is 2.58. The van der Waals surface area contributed by atoms with Crippen molar-refractivity contribution < 1.29 is 4.79 Å². The van der Waals surface area contributed by atoms with E-state index in [9.17, 15) is 4.79 Å². The lowest BCUT2D eigenvalue weighted by Crippen LogP contribution is -2.42. The molecule has 0 radical (unpaired) electrons. The van der Waals surface area contributed by atoms with Crippen LogP contribution in [0.5, 0.6) is 0 Å². The van der Waals surface area contributed by atoms with Crippen LogP contribution in [0, 0.1) is 5.92 Å². The number of rotatable bonds is 4. The molecule has 0 aromatic carbocycles. The van der Waals surface area contributed by atoms with Crippen molar-refractivity contribution in [1.82, 2.24) is 10.6 Å². The number of amides is 1. The highest BCUT2D eigenvalue weighted by Gasteiger charge is 2.23. The molecule has 1 saturated heterocycles. The van der Waals surface area contributed by atoms with Crippen LogP contribution in [0.25, 0.3) is 0 Å². The maximum atomic E-state index is 11.1. The van der Waals surface area contributed by atoms with Crippen molar-refractivity contribution in [2.24, 2.45) is 5.92 Å². The quantitative estimate of drug-likeness (QED) is 0.737. The molecule has 3 heteroatoms. The lowest BCUT2D eigenvalue weighted by Gasteiger charge is -2.25. The van der Waals surface area contributed by atoms with Gasteiger partial charge in [0, 0.05) is 25.0 Å². The Bertz CT molecular complexity index is 247. The largest absolute Gasteiger partial charge is 0.352 e. The molecular weight excluding hydrogens is 212 g/mol. The predicted molar refractivity (Wildman–Crippen MR) is 69.8 cm³/mol. The van der Waals surface area contributed by atoms with Gasteiger partial charge in [0.15, 0.2) is 0 Å². The van der Waals surface area contributed by atoms with E-state index in [2.05, 4.69) is 17.6 Å². The molecule has 0 bridgehead atoms. The zero-order chi connectivity index (χ0) is 12.1. The van der Waals surface area contributed by atoms with E-state index in [1.165, 1.54) is 38.5 Å². The SMILES string of the molecule is C[C@H](NCC1CCC(=O)N1)C1CCCCCC1.